The highest BCUT2D eigenvalue weighted by Crippen LogP contribution is 2.05. The molecule has 3 nitrogen and oxygen atoms in total. The normalized spacial score (nSPS) is 16.4. The van der Waals surface area contributed by atoms with Crippen molar-refractivity contribution in [3.05, 3.63) is 18.9 Å². The first kappa shape index (κ1) is 9.10. The van der Waals surface area contributed by atoms with E-state index in [1.165, 1.54) is 19.3 Å². The molecule has 1 aliphatic rings. The number of aliphatic imine (C=N–C) groups is 1. The lowest BCUT2D eigenvalue weighted by atomic mass is 10.2. The third kappa shape index (κ3) is 2.95. The van der Waals surface area contributed by atoms with Gasteiger partial charge in [-0.05, 0) is 12.5 Å². The lowest BCUT2D eigenvalue weighted by molar-refractivity contribution is 0.428. The van der Waals surface area contributed by atoms with E-state index >= 15 is 0 Å². The molecule has 12 heavy (non-hydrogen) atoms. The van der Waals surface area contributed by atoms with Gasteiger partial charge in [0.05, 0.1) is 0 Å². The summed E-state index contributed by atoms with van der Waals surface area (Å²) < 4.78 is 0. The van der Waals surface area contributed by atoms with E-state index in [2.05, 4.69) is 16.8 Å². The summed E-state index contributed by atoms with van der Waals surface area (Å²) >= 11 is 0. The molecule has 0 aromatic heterocycles. The van der Waals surface area contributed by atoms with Crippen molar-refractivity contribution in [2.45, 2.75) is 26.2 Å². The predicted molar refractivity (Wildman–Crippen MR) is 51.3 cm³/mol. The fraction of sp³-hybridized carbons (Fsp3) is 0.556. The van der Waals surface area contributed by atoms with E-state index < -0.39 is 0 Å². The number of unbranched alkanes of at least 4 members (excludes halogenated alkanes) is 2. The van der Waals surface area contributed by atoms with Crippen molar-refractivity contribution in [2.75, 3.05) is 6.54 Å². The summed E-state index contributed by atoms with van der Waals surface area (Å²) in [5.74, 6) is 0.585. The molecule has 0 saturated carbocycles. The molecular formula is C9H16N3. The summed E-state index contributed by atoms with van der Waals surface area (Å²) in [5, 5.41) is 0. The molecule has 0 aromatic carbocycles. The van der Waals surface area contributed by atoms with Gasteiger partial charge in [0.1, 0.15) is 5.84 Å². The Bertz CT molecular complexity index is 184. The fourth-order valence-electron chi connectivity index (χ4n) is 1.07. The van der Waals surface area contributed by atoms with Crippen LogP contribution < -0.4 is 5.73 Å². The van der Waals surface area contributed by atoms with Crippen LogP contribution in [-0.2, 0) is 0 Å². The smallest absolute Gasteiger partial charge is 0.164 e. The van der Waals surface area contributed by atoms with Crippen LogP contribution in [0, 0.1) is 6.67 Å². The van der Waals surface area contributed by atoms with Crippen molar-refractivity contribution in [3.8, 4) is 0 Å². The first-order valence-electron chi connectivity index (χ1n) is 4.43. The van der Waals surface area contributed by atoms with Gasteiger partial charge in [0.25, 0.3) is 0 Å². The molecule has 1 rings (SSSR count). The minimum absolute atomic E-state index is 0.585. The van der Waals surface area contributed by atoms with E-state index in [1.54, 1.807) is 6.67 Å². The average Bonchev–Trinajstić information content (AvgIpc) is 2.09. The van der Waals surface area contributed by atoms with Gasteiger partial charge in [-0.25, -0.2) is 4.99 Å². The zero-order chi connectivity index (χ0) is 8.81. The first-order chi connectivity index (χ1) is 5.83. The average molecular weight is 166 g/mol. The van der Waals surface area contributed by atoms with Crippen LogP contribution in [0.15, 0.2) is 17.3 Å². The van der Waals surface area contributed by atoms with Crippen molar-refractivity contribution in [1.82, 2.24) is 4.90 Å². The minimum atomic E-state index is 0.585. The highest BCUT2D eigenvalue weighted by atomic mass is 15.2. The molecular weight excluding hydrogens is 150 g/mol. The zero-order valence-corrected chi connectivity index (χ0v) is 7.53. The standard InChI is InChI=1S/C9H16N3/c1-2-3-4-6-12-7-5-9(10)11-8-12/h5,7-8H,2-4,6H2,1H3,(H2,10,11). The Labute approximate surface area is 74.0 Å². The van der Waals surface area contributed by atoms with Crippen molar-refractivity contribution >= 4 is 5.84 Å². The number of hydrogen-bond donors (Lipinski definition) is 1. The lowest BCUT2D eigenvalue weighted by Crippen LogP contribution is -2.22. The molecule has 67 valence electrons. The fourth-order valence-corrected chi connectivity index (χ4v) is 1.07. The van der Waals surface area contributed by atoms with Crippen molar-refractivity contribution < 1.29 is 0 Å². The second kappa shape index (κ2) is 4.80. The van der Waals surface area contributed by atoms with Crippen LogP contribution in [0.25, 0.3) is 0 Å². The molecule has 1 radical (unpaired) electrons. The van der Waals surface area contributed by atoms with Gasteiger partial charge >= 0.3 is 0 Å². The summed E-state index contributed by atoms with van der Waals surface area (Å²) in [6, 6.07) is 0. The number of nitrogens with two attached hydrogens (primary N) is 1. The van der Waals surface area contributed by atoms with Crippen LogP contribution in [0.5, 0.6) is 0 Å². The molecule has 0 aromatic rings. The second-order valence-corrected chi connectivity index (χ2v) is 2.93. The van der Waals surface area contributed by atoms with Gasteiger partial charge in [-0.2, -0.15) is 0 Å². The minimum Gasteiger partial charge on any atom is -0.384 e. The van der Waals surface area contributed by atoms with Gasteiger partial charge < -0.3 is 10.6 Å². The maximum absolute atomic E-state index is 5.46. The number of nitrogens with zero attached hydrogens (tertiary/aromatic N) is 2. The van der Waals surface area contributed by atoms with Crippen LogP contribution in [0.1, 0.15) is 26.2 Å². The molecule has 1 aliphatic heterocycles. The van der Waals surface area contributed by atoms with Crippen LogP contribution in [0.2, 0.25) is 0 Å². The Kier molecular flexibility index (Phi) is 3.64. The zero-order valence-electron chi connectivity index (χ0n) is 7.53. The van der Waals surface area contributed by atoms with Crippen LogP contribution in [-0.4, -0.2) is 17.3 Å². The maximum Gasteiger partial charge on any atom is 0.164 e. The monoisotopic (exact) mass is 166 g/mol. The molecule has 0 atom stereocenters. The SMILES string of the molecule is CCCCCN1[CH]N=C(N)C=C1. The molecule has 1 heterocycles. The van der Waals surface area contributed by atoms with Crippen molar-refractivity contribution in [1.29, 1.82) is 0 Å². The number of hydrogen-bond acceptors (Lipinski definition) is 3. The molecule has 0 bridgehead atoms. The van der Waals surface area contributed by atoms with E-state index in [4.69, 9.17) is 5.73 Å². The van der Waals surface area contributed by atoms with E-state index in [0.29, 0.717) is 5.84 Å². The molecule has 0 unspecified atom stereocenters. The van der Waals surface area contributed by atoms with Gasteiger partial charge in [0, 0.05) is 12.7 Å². The summed E-state index contributed by atoms with van der Waals surface area (Å²) in [6.07, 6.45) is 7.54. The second-order valence-electron chi connectivity index (χ2n) is 2.93. The summed E-state index contributed by atoms with van der Waals surface area (Å²) in [6.45, 7) is 5.03. The largest absolute Gasteiger partial charge is 0.384 e. The van der Waals surface area contributed by atoms with Gasteiger partial charge in [-0.15, -0.1) is 0 Å². The lowest BCUT2D eigenvalue weighted by Gasteiger charge is -2.19. The molecule has 0 aliphatic carbocycles. The Balaban J connectivity index is 2.16. The van der Waals surface area contributed by atoms with E-state index in [0.717, 1.165) is 6.54 Å². The van der Waals surface area contributed by atoms with Crippen molar-refractivity contribution in [2.24, 2.45) is 10.7 Å². The number of rotatable bonds is 4. The van der Waals surface area contributed by atoms with Crippen molar-refractivity contribution in [3.63, 3.8) is 0 Å². The highest BCUT2D eigenvalue weighted by molar-refractivity contribution is 5.92. The Morgan fingerprint density at radius 3 is 2.92 bits per heavy atom. The molecule has 0 fully saturated rings. The predicted octanol–water partition coefficient (Wildman–Crippen LogP) is 1.48. The van der Waals surface area contributed by atoms with Gasteiger partial charge in [0.15, 0.2) is 6.67 Å². The van der Waals surface area contributed by atoms with Gasteiger partial charge in [-0.3, -0.25) is 0 Å². The molecule has 0 amide bonds. The van der Waals surface area contributed by atoms with Gasteiger partial charge in [-0.1, -0.05) is 19.8 Å². The highest BCUT2D eigenvalue weighted by Gasteiger charge is 2.02. The first-order valence-corrected chi connectivity index (χ1v) is 4.43. The number of amidine groups is 1. The van der Waals surface area contributed by atoms with E-state index in [1.807, 2.05) is 12.3 Å². The van der Waals surface area contributed by atoms with E-state index in [9.17, 15) is 0 Å². The summed E-state index contributed by atoms with van der Waals surface area (Å²) in [4.78, 5) is 6.06. The quantitative estimate of drug-likeness (QED) is 0.643. The molecule has 3 heteroatoms. The third-order valence-corrected chi connectivity index (χ3v) is 1.81. The van der Waals surface area contributed by atoms with Crippen LogP contribution >= 0.6 is 0 Å². The third-order valence-electron chi connectivity index (χ3n) is 1.81. The summed E-state index contributed by atoms with van der Waals surface area (Å²) in [5.41, 5.74) is 5.46. The Morgan fingerprint density at radius 1 is 1.50 bits per heavy atom. The molecule has 2 N–H and O–H groups in total. The molecule has 0 spiro atoms. The van der Waals surface area contributed by atoms with Gasteiger partial charge in [0.2, 0.25) is 0 Å². The Hall–Kier alpha value is -0.990. The van der Waals surface area contributed by atoms with Crippen LogP contribution in [0.3, 0.4) is 0 Å². The maximum atomic E-state index is 5.46. The Morgan fingerprint density at radius 2 is 2.33 bits per heavy atom. The van der Waals surface area contributed by atoms with E-state index in [-0.39, 0.29) is 0 Å². The topological polar surface area (TPSA) is 41.6 Å². The summed E-state index contributed by atoms with van der Waals surface area (Å²) in [7, 11) is 0. The van der Waals surface area contributed by atoms with Crippen LogP contribution in [0.4, 0.5) is 0 Å². The molecule has 0 saturated heterocycles.